The van der Waals surface area contributed by atoms with Gasteiger partial charge in [-0.2, -0.15) is 10.2 Å². The molecule has 0 unspecified atom stereocenters. The molecule has 682 valence electrons. The highest BCUT2D eigenvalue weighted by Crippen LogP contribution is 2.60. The molecule has 0 spiro atoms. The van der Waals surface area contributed by atoms with Gasteiger partial charge in [0.25, 0.3) is 11.8 Å². The fourth-order valence-electron chi connectivity index (χ4n) is 17.9. The van der Waals surface area contributed by atoms with Crippen LogP contribution < -0.4 is 21.3 Å². The molecule has 4 aliphatic carbocycles. The lowest BCUT2D eigenvalue weighted by atomic mass is 9.49. The first kappa shape index (κ1) is 94.8. The standard InChI is InChI=1S/C79H120N6O36/c86-33-46-65-54(94)60(100)74(112-46)119-67-48(35-88)114-76(62(102)56(67)96)121-69-50(37-90)115-77(63(103)57(69)97)120-68-49(36-89)113-75(61(101)55(68)95)118-66-47(34-87)111-73(59(99)53(66)93)116-64-45(110-72(117-65)58(98)52(64)92)32-83-71(105)42-11-15-44(16-12-42)85-84-43-13-9-41(10-14-43)70(104)81-19-7-21-108-23-25-109-24-22-107-20-6-18-80-51(91)8-4-2-1-3-5-17-82-78(106)79-29-38-26-39(30-79)28-40(27-38)31-79/h9-16,38-40,45-50,52-69,72-77,86-90,92-103H,1-8,17-37H2,(H,80,91)(H,81,104)(H,82,106)(H,83,105)/t38?,39?,40?,45-,46-,47-,48-,49-,50-,52-,53-,54-,55-,56-,57-,58-,59-,60-,61-,62-,63-,64-,65-,66-,67-,68-,69-,72-,73-,74-,75-,76-,77-,79?/m0/s1. The third kappa shape index (κ3) is 23.5. The van der Waals surface area contributed by atoms with E-state index in [0.717, 1.165) is 75.7 Å². The second-order valence-corrected chi connectivity index (χ2v) is 32.8. The largest absolute Gasteiger partial charge is 0.394 e. The number of azo groups is 1. The molecule has 4 saturated carbocycles. The van der Waals surface area contributed by atoms with E-state index in [9.17, 15) is 106 Å². The molecule has 121 heavy (non-hydrogen) atoms. The average molecular weight is 1730 g/mol. The number of carbonyl (C=O) groups excluding carboxylic acids is 4. The molecular formula is C79H120N6O36. The SMILES string of the molecule is O=C(CCCCCCCNC(=O)C12CC3CC(CC(C3)C1)C2)NCCCOCCOCCOCCCNC(=O)c1ccc(N=Nc2ccc(C(=O)NC[C@@H]3O[C@H]4O[C@@H]5[C@@H](O)[C@H](O)[C@H](O[C@@H]6[C@@H](O)[C@H](O)[C@H](O[C@@H]7[C@@H](O)[C@H](O)[C@H](O[C@@H]8[C@@H](O)[C@H](O)[C@H](O[C@@H]9[C@@H](O)[C@H](O)[C@H](O[C@@H]3[C@@H](O)[C@@H]4O)O[C@H]9CO)O[C@H]8CO)O[C@H]7CO)O[C@H]6CO)O[C@H]5CO)cc2)cc1. The van der Waals surface area contributed by atoms with Crippen LogP contribution in [0.15, 0.2) is 58.8 Å². The van der Waals surface area contributed by atoms with Gasteiger partial charge in [-0.05, 0) is 130 Å². The van der Waals surface area contributed by atoms with E-state index in [1.807, 2.05) is 0 Å². The summed E-state index contributed by atoms with van der Waals surface area (Å²) in [6.45, 7) is -1.92. The second-order valence-electron chi connectivity index (χ2n) is 32.8. The number of hydrogen-bond donors (Lipinski definition) is 21. The summed E-state index contributed by atoms with van der Waals surface area (Å²) in [6.07, 6.45) is -46.9. The van der Waals surface area contributed by atoms with Crippen LogP contribution in [0, 0.1) is 23.2 Å². The van der Waals surface area contributed by atoms with Crippen LogP contribution in [0.25, 0.3) is 0 Å². The van der Waals surface area contributed by atoms with Crippen molar-refractivity contribution in [2.75, 3.05) is 98.9 Å². The van der Waals surface area contributed by atoms with Crippen molar-refractivity contribution >= 4 is 35.0 Å². The third-order valence-corrected chi connectivity index (χ3v) is 24.2. The number of unbranched alkanes of at least 4 members (excludes halogenated alkanes) is 4. The summed E-state index contributed by atoms with van der Waals surface area (Å²) in [4.78, 5) is 52.4. The van der Waals surface area contributed by atoms with Crippen molar-refractivity contribution in [3.8, 4) is 0 Å². The van der Waals surface area contributed by atoms with Gasteiger partial charge in [-0.25, -0.2) is 0 Å². The minimum absolute atomic E-state index is 0.0128. The monoisotopic (exact) mass is 1730 g/mol. The molecule has 26 fully saturated rings. The Hall–Kier alpha value is -5.36. The number of aliphatic hydroxyl groups is 17. The molecule has 0 aromatic heterocycles. The van der Waals surface area contributed by atoms with Gasteiger partial charge in [0.1, 0.15) is 146 Å². The Kier molecular flexibility index (Phi) is 35.1. The average Bonchev–Trinajstić information content (AvgIpc) is 0.773. The van der Waals surface area contributed by atoms with E-state index in [1.165, 1.54) is 43.5 Å². The van der Waals surface area contributed by atoms with Gasteiger partial charge in [0, 0.05) is 62.4 Å². The molecule has 22 heterocycles. The molecule has 0 radical (unpaired) electrons. The number of nitrogens with zero attached hydrogens (tertiary/aromatic N) is 2. The Morgan fingerprint density at radius 3 is 0.967 bits per heavy atom. The molecule has 16 bridgehead atoms. The molecule has 28 rings (SSSR count). The van der Waals surface area contributed by atoms with E-state index >= 15 is 0 Å². The van der Waals surface area contributed by atoms with E-state index in [2.05, 4.69) is 31.5 Å². The van der Waals surface area contributed by atoms with Crippen LogP contribution in [-0.2, 0) is 80.6 Å². The number of ether oxygens (including phenoxy) is 15. The van der Waals surface area contributed by atoms with Crippen LogP contribution in [0.5, 0.6) is 0 Å². The second kappa shape index (κ2) is 44.9. The first-order valence-electron chi connectivity index (χ1n) is 41.9. The summed E-state index contributed by atoms with van der Waals surface area (Å²) in [7, 11) is 0. The van der Waals surface area contributed by atoms with Gasteiger partial charge < -0.3 is 179 Å². The lowest BCUT2D eigenvalue weighted by molar-refractivity contribution is -0.403. The number of nitrogens with one attached hydrogen (secondary N) is 4. The molecule has 2 aromatic rings. The molecule has 42 heteroatoms. The molecule has 42 nitrogen and oxygen atoms in total. The number of hydrogen-bond acceptors (Lipinski definition) is 38. The molecule has 4 amide bonds. The molecular weight excluding hydrogens is 1610 g/mol. The maximum atomic E-state index is 14.0. The number of carbonyl (C=O) groups is 4. The quantitative estimate of drug-likeness (QED) is 0.0229. The Balaban J connectivity index is 0.582. The highest BCUT2D eigenvalue weighted by Gasteiger charge is 2.60. The predicted octanol–water partition coefficient (Wildman–Crippen LogP) is -5.85. The van der Waals surface area contributed by atoms with E-state index in [-0.39, 0.29) is 28.5 Å². The van der Waals surface area contributed by atoms with E-state index in [0.29, 0.717) is 89.2 Å². The Bertz CT molecular complexity index is 3520. The van der Waals surface area contributed by atoms with Gasteiger partial charge in [-0.15, -0.1) is 0 Å². The zero-order valence-electron chi connectivity index (χ0n) is 66.9. The fraction of sp³-hybridized carbons (Fsp3) is 0.797. The highest BCUT2D eigenvalue weighted by molar-refractivity contribution is 5.95. The smallest absolute Gasteiger partial charge is 0.251 e. The summed E-state index contributed by atoms with van der Waals surface area (Å²) in [5.41, 5.74) is 0.937. The van der Waals surface area contributed by atoms with Gasteiger partial charge >= 0.3 is 0 Å². The number of aliphatic hydroxyl groups excluding tert-OH is 17. The Labute approximate surface area is 696 Å². The zero-order valence-corrected chi connectivity index (χ0v) is 66.9. The lowest BCUT2D eigenvalue weighted by Gasteiger charge is -2.55. The van der Waals surface area contributed by atoms with Gasteiger partial charge in [-0.3, -0.25) is 19.2 Å². The van der Waals surface area contributed by atoms with Crippen molar-refractivity contribution in [1.29, 1.82) is 0 Å². The molecule has 21 N–H and O–H groups in total. The van der Waals surface area contributed by atoms with Crippen molar-refractivity contribution in [2.45, 2.75) is 274 Å². The maximum Gasteiger partial charge on any atom is 0.251 e. The van der Waals surface area contributed by atoms with Gasteiger partial charge in [0.05, 0.1) is 70.8 Å². The van der Waals surface area contributed by atoms with Crippen molar-refractivity contribution in [3.05, 3.63) is 59.7 Å². The third-order valence-electron chi connectivity index (χ3n) is 24.2. The van der Waals surface area contributed by atoms with Crippen LogP contribution in [0.3, 0.4) is 0 Å². The topological polar surface area (TPSA) is 623 Å². The maximum absolute atomic E-state index is 14.0. The normalized spacial score (nSPS) is 39.9. The van der Waals surface area contributed by atoms with E-state index in [1.54, 1.807) is 24.3 Å². The number of amides is 4. The summed E-state index contributed by atoms with van der Waals surface area (Å²) in [5.74, 6) is 1.49. The van der Waals surface area contributed by atoms with Crippen LogP contribution in [0.4, 0.5) is 11.4 Å². The summed E-state index contributed by atoms with van der Waals surface area (Å²) in [5, 5.41) is 212. The van der Waals surface area contributed by atoms with E-state index < -0.39 is 230 Å². The predicted molar refractivity (Wildman–Crippen MR) is 406 cm³/mol. The molecule has 22 aliphatic heterocycles. The Morgan fingerprint density at radius 2 is 0.620 bits per heavy atom. The molecule has 30 atom stereocenters. The fourth-order valence-corrected chi connectivity index (χ4v) is 17.9. The Morgan fingerprint density at radius 1 is 0.331 bits per heavy atom. The van der Waals surface area contributed by atoms with Gasteiger partial charge in [-0.1, -0.05) is 19.3 Å². The van der Waals surface area contributed by atoms with Crippen molar-refractivity contribution in [2.24, 2.45) is 33.4 Å². The lowest BCUT2D eigenvalue weighted by Crippen LogP contribution is -2.69. The zero-order chi connectivity index (χ0) is 86.2. The van der Waals surface area contributed by atoms with Crippen LogP contribution >= 0.6 is 0 Å². The van der Waals surface area contributed by atoms with Crippen molar-refractivity contribution in [1.82, 2.24) is 21.3 Å². The number of benzene rings is 2. The molecule has 2 aromatic carbocycles. The first-order chi connectivity index (χ1) is 58.3. The summed E-state index contributed by atoms with van der Waals surface area (Å²) < 4.78 is 87.0. The van der Waals surface area contributed by atoms with Gasteiger partial charge in [0.15, 0.2) is 37.7 Å². The minimum atomic E-state index is -2.26. The van der Waals surface area contributed by atoms with Crippen molar-refractivity contribution in [3.63, 3.8) is 0 Å². The van der Waals surface area contributed by atoms with Gasteiger partial charge in [0.2, 0.25) is 11.8 Å². The van der Waals surface area contributed by atoms with Crippen LogP contribution in [0.2, 0.25) is 0 Å². The minimum Gasteiger partial charge on any atom is -0.394 e. The van der Waals surface area contributed by atoms with Crippen molar-refractivity contribution < 1.29 is 177 Å². The van der Waals surface area contributed by atoms with Crippen LogP contribution in [0.1, 0.15) is 111 Å². The highest BCUT2D eigenvalue weighted by atomic mass is 16.8. The first-order valence-corrected chi connectivity index (χ1v) is 41.9. The number of rotatable bonds is 34. The molecule has 26 aliphatic rings. The molecule has 22 saturated heterocycles. The summed E-state index contributed by atoms with van der Waals surface area (Å²) >= 11 is 0. The summed E-state index contributed by atoms with van der Waals surface area (Å²) in [6, 6.07) is 11.9. The van der Waals surface area contributed by atoms with E-state index in [4.69, 9.17) is 71.1 Å². The van der Waals surface area contributed by atoms with Crippen LogP contribution in [-0.4, -0.2) is 394 Å².